The Hall–Kier alpha value is -1.30. The molecule has 0 spiro atoms. The number of carboxylic acids is 1. The number of urea groups is 1. The molecule has 0 aromatic heterocycles. The fourth-order valence-electron chi connectivity index (χ4n) is 2.40. The number of hydrogen-bond acceptors (Lipinski definition) is 3. The molecule has 2 N–H and O–H groups in total. The molecule has 6 nitrogen and oxygen atoms in total. The Kier molecular flexibility index (Phi) is 5.40. The van der Waals surface area contributed by atoms with Crippen molar-refractivity contribution in [1.82, 2.24) is 10.2 Å². The molecule has 3 atom stereocenters. The van der Waals surface area contributed by atoms with Gasteiger partial charge in [0.15, 0.2) is 6.04 Å². The molecule has 0 saturated carbocycles. The number of hydrogen-bond donors (Lipinski definition) is 2. The van der Waals surface area contributed by atoms with Crippen LogP contribution in [0.4, 0.5) is 4.79 Å². The highest BCUT2D eigenvalue weighted by molar-refractivity contribution is 5.83. The summed E-state index contributed by atoms with van der Waals surface area (Å²) in [4.78, 5) is 24.8. The third-order valence-electron chi connectivity index (χ3n) is 3.42. The van der Waals surface area contributed by atoms with Gasteiger partial charge in [0.05, 0.1) is 6.61 Å². The predicted molar refractivity (Wildman–Crippen MR) is 66.4 cm³/mol. The van der Waals surface area contributed by atoms with E-state index in [4.69, 9.17) is 9.84 Å². The molecule has 1 heterocycles. The second-order valence-electron chi connectivity index (χ2n) is 4.69. The number of nitrogens with one attached hydrogen (secondary N) is 1. The van der Waals surface area contributed by atoms with Gasteiger partial charge < -0.3 is 20.1 Å². The van der Waals surface area contributed by atoms with Crippen molar-refractivity contribution in [2.24, 2.45) is 0 Å². The lowest BCUT2D eigenvalue weighted by Crippen LogP contribution is -2.52. The molecule has 1 aliphatic heterocycles. The van der Waals surface area contributed by atoms with Gasteiger partial charge in [-0.3, -0.25) is 0 Å². The molecule has 0 radical (unpaired) electrons. The van der Waals surface area contributed by atoms with Crippen LogP contribution in [0.15, 0.2) is 0 Å². The summed E-state index contributed by atoms with van der Waals surface area (Å²) in [5.41, 5.74) is 0. The minimum atomic E-state index is -1.08. The first-order chi connectivity index (χ1) is 8.51. The molecule has 1 fully saturated rings. The van der Waals surface area contributed by atoms with E-state index >= 15 is 0 Å². The van der Waals surface area contributed by atoms with Gasteiger partial charge in [-0.25, -0.2) is 9.59 Å². The summed E-state index contributed by atoms with van der Waals surface area (Å²) in [6, 6.07) is -0.937. The van der Waals surface area contributed by atoms with Crippen molar-refractivity contribution in [2.45, 2.75) is 51.2 Å². The van der Waals surface area contributed by atoms with Crippen molar-refractivity contribution < 1.29 is 19.4 Å². The van der Waals surface area contributed by atoms with Gasteiger partial charge in [0, 0.05) is 19.2 Å². The maximum Gasteiger partial charge on any atom is 0.328 e. The van der Waals surface area contributed by atoms with Crippen LogP contribution >= 0.6 is 0 Å². The number of carboxylic acid groups (broad SMARTS) is 1. The highest BCUT2D eigenvalue weighted by atomic mass is 16.5. The third-order valence-corrected chi connectivity index (χ3v) is 3.42. The number of nitrogens with zero attached hydrogens (tertiary/aromatic N) is 1. The van der Waals surface area contributed by atoms with E-state index in [0.29, 0.717) is 0 Å². The van der Waals surface area contributed by atoms with Crippen molar-refractivity contribution in [2.75, 3.05) is 13.7 Å². The average molecular weight is 258 g/mol. The zero-order chi connectivity index (χ0) is 13.7. The Morgan fingerprint density at radius 2 is 2.17 bits per heavy atom. The van der Waals surface area contributed by atoms with Crippen molar-refractivity contribution in [1.29, 1.82) is 0 Å². The maximum atomic E-state index is 12.1. The topological polar surface area (TPSA) is 78.9 Å². The monoisotopic (exact) mass is 258 g/mol. The van der Waals surface area contributed by atoms with Gasteiger partial charge >= 0.3 is 12.0 Å². The van der Waals surface area contributed by atoms with Crippen molar-refractivity contribution >= 4 is 12.0 Å². The average Bonchev–Trinajstić information content (AvgIpc) is 2.69. The number of carbonyl (C=O) groups excluding carboxylic acids is 1. The summed E-state index contributed by atoms with van der Waals surface area (Å²) in [6.07, 6.45) is 2.83. The first kappa shape index (κ1) is 14.8. The van der Waals surface area contributed by atoms with E-state index in [0.717, 1.165) is 19.3 Å². The highest BCUT2D eigenvalue weighted by Crippen LogP contribution is 2.25. The summed E-state index contributed by atoms with van der Waals surface area (Å²) in [6.45, 7) is 3.99. The second kappa shape index (κ2) is 6.58. The Bertz CT molecular complexity index is 308. The quantitative estimate of drug-likeness (QED) is 0.772. The van der Waals surface area contributed by atoms with Gasteiger partial charge in [-0.15, -0.1) is 0 Å². The molecule has 0 aromatic rings. The van der Waals surface area contributed by atoms with Gasteiger partial charge in [-0.2, -0.15) is 0 Å². The summed E-state index contributed by atoms with van der Waals surface area (Å²) >= 11 is 0. The first-order valence-corrected chi connectivity index (χ1v) is 6.31. The van der Waals surface area contributed by atoms with Gasteiger partial charge in [0.2, 0.25) is 0 Å². The Morgan fingerprint density at radius 3 is 2.67 bits per heavy atom. The van der Waals surface area contributed by atoms with E-state index in [-0.39, 0.29) is 24.7 Å². The fraction of sp³-hybridized carbons (Fsp3) is 0.833. The standard InChI is InChI=1S/C12H22N2O4/c1-4-9-6-5-8(2)14(9)12(17)13-10(7-18-3)11(15)16/h8-10H,4-7H2,1-3H3,(H,13,17)(H,15,16). The van der Waals surface area contributed by atoms with E-state index < -0.39 is 12.0 Å². The molecule has 2 amide bonds. The molecule has 18 heavy (non-hydrogen) atoms. The summed E-state index contributed by atoms with van der Waals surface area (Å²) in [5, 5.41) is 11.5. The smallest absolute Gasteiger partial charge is 0.328 e. The number of carbonyl (C=O) groups is 2. The number of amides is 2. The molecule has 1 aliphatic rings. The molecule has 0 bridgehead atoms. The van der Waals surface area contributed by atoms with Crippen LogP contribution in [-0.4, -0.2) is 53.8 Å². The van der Waals surface area contributed by atoms with Gasteiger partial charge in [-0.1, -0.05) is 6.92 Å². The molecule has 1 saturated heterocycles. The van der Waals surface area contributed by atoms with Crippen LogP contribution in [0.3, 0.4) is 0 Å². The number of aliphatic carboxylic acids is 1. The summed E-state index contributed by atoms with van der Waals surface area (Å²) in [7, 11) is 1.41. The zero-order valence-corrected chi connectivity index (χ0v) is 11.2. The lowest BCUT2D eigenvalue weighted by molar-refractivity contribution is -0.140. The third kappa shape index (κ3) is 3.35. The molecule has 0 aliphatic carbocycles. The molecule has 0 aromatic carbocycles. The summed E-state index contributed by atoms with van der Waals surface area (Å²) in [5.74, 6) is -1.08. The maximum absolute atomic E-state index is 12.1. The number of methoxy groups -OCH3 is 1. The van der Waals surface area contributed by atoms with Crippen LogP contribution in [0.2, 0.25) is 0 Å². The number of likely N-dealkylation sites (tertiary alicyclic amines) is 1. The molecule has 1 rings (SSSR count). The van der Waals surface area contributed by atoms with Crippen LogP contribution in [0, 0.1) is 0 Å². The van der Waals surface area contributed by atoms with E-state index in [9.17, 15) is 9.59 Å². The zero-order valence-electron chi connectivity index (χ0n) is 11.2. The predicted octanol–water partition coefficient (Wildman–Crippen LogP) is 1.06. The minimum Gasteiger partial charge on any atom is -0.480 e. The van der Waals surface area contributed by atoms with Crippen LogP contribution in [0.5, 0.6) is 0 Å². The lowest BCUT2D eigenvalue weighted by Gasteiger charge is -2.29. The van der Waals surface area contributed by atoms with Crippen LogP contribution in [0.25, 0.3) is 0 Å². The van der Waals surface area contributed by atoms with Crippen molar-refractivity contribution in [3.05, 3.63) is 0 Å². The lowest BCUT2D eigenvalue weighted by atomic mass is 10.2. The van der Waals surface area contributed by atoms with E-state index in [1.54, 1.807) is 4.90 Å². The van der Waals surface area contributed by atoms with Gasteiger partial charge in [0.1, 0.15) is 0 Å². The van der Waals surface area contributed by atoms with E-state index in [1.165, 1.54) is 7.11 Å². The fourth-order valence-corrected chi connectivity index (χ4v) is 2.40. The summed E-state index contributed by atoms with van der Waals surface area (Å²) < 4.78 is 4.79. The van der Waals surface area contributed by atoms with E-state index in [2.05, 4.69) is 5.32 Å². The van der Waals surface area contributed by atoms with Gasteiger partial charge in [0.25, 0.3) is 0 Å². The van der Waals surface area contributed by atoms with E-state index in [1.807, 2.05) is 13.8 Å². The van der Waals surface area contributed by atoms with Crippen LogP contribution < -0.4 is 5.32 Å². The number of ether oxygens (including phenoxy) is 1. The molecular formula is C12H22N2O4. The normalized spacial score (nSPS) is 24.9. The molecular weight excluding hydrogens is 236 g/mol. The van der Waals surface area contributed by atoms with Crippen molar-refractivity contribution in [3.8, 4) is 0 Å². The minimum absolute atomic E-state index is 0.0277. The Morgan fingerprint density at radius 1 is 1.50 bits per heavy atom. The van der Waals surface area contributed by atoms with Crippen LogP contribution in [0.1, 0.15) is 33.1 Å². The molecule has 6 heteroatoms. The number of rotatable bonds is 5. The second-order valence-corrected chi connectivity index (χ2v) is 4.69. The highest BCUT2D eigenvalue weighted by Gasteiger charge is 2.34. The van der Waals surface area contributed by atoms with Gasteiger partial charge in [-0.05, 0) is 26.2 Å². The SMILES string of the molecule is CCC1CCC(C)N1C(=O)NC(COC)C(=O)O. The largest absolute Gasteiger partial charge is 0.480 e. The Balaban J connectivity index is 2.65. The Labute approximate surface area is 107 Å². The molecule has 104 valence electrons. The molecule has 3 unspecified atom stereocenters. The first-order valence-electron chi connectivity index (χ1n) is 6.31. The van der Waals surface area contributed by atoms with Crippen molar-refractivity contribution in [3.63, 3.8) is 0 Å². The van der Waals surface area contributed by atoms with Crippen LogP contribution in [-0.2, 0) is 9.53 Å².